The van der Waals surface area contributed by atoms with Gasteiger partial charge in [0.1, 0.15) is 6.61 Å². The fourth-order valence-electron chi connectivity index (χ4n) is 2.16. The maximum absolute atomic E-state index is 12.2. The summed E-state index contributed by atoms with van der Waals surface area (Å²) in [6.45, 7) is 8.49. The van der Waals surface area contributed by atoms with Crippen LogP contribution in [0.5, 0.6) is 0 Å². The highest BCUT2D eigenvalue weighted by Gasteiger charge is 2.31. The molecule has 20 heavy (non-hydrogen) atoms. The van der Waals surface area contributed by atoms with E-state index in [2.05, 4.69) is 29.6 Å². The quantitative estimate of drug-likeness (QED) is 0.700. The van der Waals surface area contributed by atoms with Crippen molar-refractivity contribution in [3.8, 4) is 0 Å². The van der Waals surface area contributed by atoms with E-state index in [1.165, 1.54) is 0 Å². The van der Waals surface area contributed by atoms with Gasteiger partial charge in [-0.25, -0.2) is 0 Å². The van der Waals surface area contributed by atoms with Crippen LogP contribution >= 0.6 is 0 Å². The van der Waals surface area contributed by atoms with E-state index in [1.54, 1.807) is 6.92 Å². The van der Waals surface area contributed by atoms with E-state index in [-0.39, 0.29) is 29.7 Å². The summed E-state index contributed by atoms with van der Waals surface area (Å²) in [4.78, 5) is 12.2. The molecular formula is C14H25N3O3. The number of nitrogens with one attached hydrogen (secondary N) is 2. The van der Waals surface area contributed by atoms with Gasteiger partial charge in [0.2, 0.25) is 0 Å². The normalized spacial score (nSPS) is 15.7. The van der Waals surface area contributed by atoms with Crippen LogP contribution in [0.15, 0.2) is 4.52 Å². The molecule has 1 amide bonds. The van der Waals surface area contributed by atoms with Crippen LogP contribution in [0, 0.1) is 12.3 Å². The number of rotatable bonds is 7. The third-order valence-electron chi connectivity index (χ3n) is 4.16. The summed E-state index contributed by atoms with van der Waals surface area (Å²) in [6, 6.07) is -0.0128. The van der Waals surface area contributed by atoms with E-state index < -0.39 is 0 Å². The molecule has 6 nitrogen and oxygen atoms in total. The maximum atomic E-state index is 12.2. The predicted octanol–water partition coefficient (Wildman–Crippen LogP) is 1.23. The van der Waals surface area contributed by atoms with Gasteiger partial charge in [0.05, 0.1) is 0 Å². The van der Waals surface area contributed by atoms with Crippen LogP contribution < -0.4 is 10.6 Å². The lowest BCUT2D eigenvalue weighted by molar-refractivity contribution is 0.0882. The van der Waals surface area contributed by atoms with Crippen LogP contribution in [0.2, 0.25) is 0 Å². The van der Waals surface area contributed by atoms with E-state index in [0.717, 1.165) is 13.0 Å². The molecule has 0 aliphatic carbocycles. The van der Waals surface area contributed by atoms with Crippen molar-refractivity contribution in [1.29, 1.82) is 0 Å². The molecule has 0 fully saturated rings. The molecule has 0 spiro atoms. The second-order valence-corrected chi connectivity index (χ2v) is 5.47. The zero-order valence-corrected chi connectivity index (χ0v) is 12.9. The summed E-state index contributed by atoms with van der Waals surface area (Å²) in [7, 11) is 1.90. The fraction of sp³-hybridized carbons (Fsp3) is 0.714. The molecule has 0 saturated carbocycles. The molecule has 1 heterocycles. The molecule has 0 aliphatic heterocycles. The number of amides is 1. The van der Waals surface area contributed by atoms with Gasteiger partial charge in [-0.15, -0.1) is 0 Å². The molecule has 1 rings (SSSR count). The minimum absolute atomic E-state index is 0.0128. The molecule has 1 aromatic heterocycles. The Balaban J connectivity index is 2.81. The number of nitrogens with zero attached hydrogens (tertiary/aromatic N) is 1. The maximum Gasteiger partial charge on any atom is 0.273 e. The SMILES string of the molecule is CCC(C)(CNC)C(C)NC(=O)c1noc(CO)c1C. The first-order valence-corrected chi connectivity index (χ1v) is 6.91. The van der Waals surface area contributed by atoms with Crippen LogP contribution in [-0.2, 0) is 6.61 Å². The number of hydrogen-bond acceptors (Lipinski definition) is 5. The van der Waals surface area contributed by atoms with Crippen molar-refractivity contribution in [2.45, 2.75) is 46.8 Å². The smallest absolute Gasteiger partial charge is 0.273 e. The third-order valence-corrected chi connectivity index (χ3v) is 4.16. The van der Waals surface area contributed by atoms with E-state index in [1.807, 2.05) is 14.0 Å². The Morgan fingerprint density at radius 2 is 2.20 bits per heavy atom. The van der Waals surface area contributed by atoms with E-state index in [4.69, 9.17) is 9.63 Å². The molecule has 3 N–H and O–H groups in total. The average molecular weight is 283 g/mol. The third kappa shape index (κ3) is 3.37. The first kappa shape index (κ1) is 16.7. The van der Waals surface area contributed by atoms with Crippen molar-refractivity contribution in [3.63, 3.8) is 0 Å². The van der Waals surface area contributed by atoms with Gasteiger partial charge in [0.25, 0.3) is 5.91 Å². The molecule has 0 radical (unpaired) electrons. The molecule has 6 heteroatoms. The zero-order valence-electron chi connectivity index (χ0n) is 12.9. The lowest BCUT2D eigenvalue weighted by atomic mass is 9.80. The number of aliphatic hydroxyl groups is 1. The number of carbonyl (C=O) groups excluding carboxylic acids is 1. The topological polar surface area (TPSA) is 87.4 Å². The van der Waals surface area contributed by atoms with Gasteiger partial charge < -0.3 is 20.3 Å². The molecule has 0 saturated heterocycles. The van der Waals surface area contributed by atoms with Crippen molar-refractivity contribution >= 4 is 5.91 Å². The minimum Gasteiger partial charge on any atom is -0.388 e. The fourth-order valence-corrected chi connectivity index (χ4v) is 2.16. The van der Waals surface area contributed by atoms with E-state index >= 15 is 0 Å². The zero-order chi connectivity index (χ0) is 15.3. The summed E-state index contributed by atoms with van der Waals surface area (Å²) in [5.41, 5.74) is 0.787. The molecule has 2 unspecified atom stereocenters. The van der Waals surface area contributed by atoms with Gasteiger partial charge in [0.15, 0.2) is 11.5 Å². The van der Waals surface area contributed by atoms with E-state index in [9.17, 15) is 4.79 Å². The second-order valence-electron chi connectivity index (χ2n) is 5.47. The summed E-state index contributed by atoms with van der Waals surface area (Å²) < 4.78 is 4.93. The van der Waals surface area contributed by atoms with Gasteiger partial charge in [-0.2, -0.15) is 0 Å². The predicted molar refractivity (Wildman–Crippen MR) is 76.4 cm³/mol. The van der Waals surface area contributed by atoms with Gasteiger partial charge in [-0.05, 0) is 32.7 Å². The first-order valence-electron chi connectivity index (χ1n) is 6.91. The summed E-state index contributed by atoms with van der Waals surface area (Å²) in [6.07, 6.45) is 0.939. The monoisotopic (exact) mass is 283 g/mol. The Bertz CT molecular complexity index is 459. The standard InChI is InChI=1S/C14H25N3O3/c1-6-14(4,8-15-5)10(3)16-13(19)12-9(2)11(7-18)20-17-12/h10,15,18H,6-8H2,1-5H3,(H,16,19). The minimum atomic E-state index is -0.269. The van der Waals surface area contributed by atoms with Gasteiger partial charge in [-0.3, -0.25) is 4.79 Å². The van der Waals surface area contributed by atoms with Gasteiger partial charge in [0, 0.05) is 18.2 Å². The Kier molecular flexibility index (Phi) is 5.71. The number of aromatic nitrogens is 1. The summed E-state index contributed by atoms with van der Waals surface area (Å²) in [5.74, 6) is 0.0607. The lowest BCUT2D eigenvalue weighted by Gasteiger charge is -2.35. The molecule has 114 valence electrons. The van der Waals surface area contributed by atoms with Crippen molar-refractivity contribution in [2.75, 3.05) is 13.6 Å². The van der Waals surface area contributed by atoms with Gasteiger partial charge in [-0.1, -0.05) is 19.0 Å². The molecule has 0 aliphatic rings. The van der Waals surface area contributed by atoms with Crippen molar-refractivity contribution in [1.82, 2.24) is 15.8 Å². The van der Waals surface area contributed by atoms with E-state index in [0.29, 0.717) is 11.3 Å². The molecular weight excluding hydrogens is 258 g/mol. The van der Waals surface area contributed by atoms with Crippen LogP contribution in [0.25, 0.3) is 0 Å². The molecule has 2 atom stereocenters. The largest absolute Gasteiger partial charge is 0.388 e. The Morgan fingerprint density at radius 1 is 1.55 bits per heavy atom. The highest BCUT2D eigenvalue weighted by molar-refractivity contribution is 5.93. The Morgan fingerprint density at radius 3 is 2.65 bits per heavy atom. The van der Waals surface area contributed by atoms with Crippen LogP contribution in [0.4, 0.5) is 0 Å². The highest BCUT2D eigenvalue weighted by atomic mass is 16.5. The van der Waals surface area contributed by atoms with Crippen LogP contribution in [-0.4, -0.2) is 35.8 Å². The van der Waals surface area contributed by atoms with Crippen molar-refractivity contribution in [2.24, 2.45) is 5.41 Å². The average Bonchev–Trinajstić information content (AvgIpc) is 2.79. The lowest BCUT2D eigenvalue weighted by Crippen LogP contribution is -2.48. The number of aliphatic hydroxyl groups excluding tert-OH is 1. The summed E-state index contributed by atoms with van der Waals surface area (Å²) in [5, 5.41) is 18.9. The van der Waals surface area contributed by atoms with Gasteiger partial charge >= 0.3 is 0 Å². The second kappa shape index (κ2) is 6.85. The van der Waals surface area contributed by atoms with Crippen molar-refractivity contribution in [3.05, 3.63) is 17.0 Å². The van der Waals surface area contributed by atoms with Crippen LogP contribution in [0.1, 0.15) is 49.0 Å². The molecule has 0 aromatic carbocycles. The van der Waals surface area contributed by atoms with Crippen molar-refractivity contribution < 1.29 is 14.4 Å². The highest BCUT2D eigenvalue weighted by Crippen LogP contribution is 2.25. The summed E-state index contributed by atoms with van der Waals surface area (Å²) >= 11 is 0. The molecule has 0 bridgehead atoms. The Hall–Kier alpha value is -1.40. The molecule has 1 aromatic rings. The number of hydrogen-bond donors (Lipinski definition) is 3. The van der Waals surface area contributed by atoms with Crippen LogP contribution in [0.3, 0.4) is 0 Å². The first-order chi connectivity index (χ1) is 9.39. The Labute approximate surface area is 119 Å². The number of carbonyl (C=O) groups is 1.